The Hall–Kier alpha value is -2.62. The van der Waals surface area contributed by atoms with Crippen molar-refractivity contribution >= 4 is 11.6 Å². The Morgan fingerprint density at radius 3 is 2.32 bits per heavy atom. The van der Waals surface area contributed by atoms with Crippen LogP contribution in [0.25, 0.3) is 0 Å². The number of hydrazone groups is 1. The molecule has 2 aromatic carbocycles. The van der Waals surface area contributed by atoms with E-state index >= 15 is 0 Å². The van der Waals surface area contributed by atoms with Gasteiger partial charge in [0.15, 0.2) is 0 Å². The van der Waals surface area contributed by atoms with Gasteiger partial charge in [-0.15, -0.1) is 0 Å². The SMILES string of the molecule is COc1ccc(C/C(C)=N\NC(=O)c2ccc(C)cc2)cc1. The maximum Gasteiger partial charge on any atom is 0.271 e. The van der Waals surface area contributed by atoms with Gasteiger partial charge in [-0.2, -0.15) is 5.10 Å². The van der Waals surface area contributed by atoms with Gasteiger partial charge in [0.2, 0.25) is 0 Å². The Labute approximate surface area is 130 Å². The topological polar surface area (TPSA) is 50.7 Å². The zero-order chi connectivity index (χ0) is 15.9. The molecule has 0 fully saturated rings. The molecule has 4 nitrogen and oxygen atoms in total. The van der Waals surface area contributed by atoms with Gasteiger partial charge in [0.05, 0.1) is 7.11 Å². The monoisotopic (exact) mass is 296 g/mol. The quantitative estimate of drug-likeness (QED) is 0.679. The second-order valence-electron chi connectivity index (χ2n) is 5.18. The first-order valence-corrected chi connectivity index (χ1v) is 7.11. The summed E-state index contributed by atoms with van der Waals surface area (Å²) in [6, 6.07) is 15.2. The molecular formula is C18H20N2O2. The van der Waals surface area contributed by atoms with Crippen LogP contribution < -0.4 is 10.2 Å². The molecule has 0 unspecified atom stereocenters. The molecule has 0 bridgehead atoms. The van der Waals surface area contributed by atoms with Crippen LogP contribution in [0.3, 0.4) is 0 Å². The minimum absolute atomic E-state index is 0.200. The number of hydrogen-bond donors (Lipinski definition) is 1. The largest absolute Gasteiger partial charge is 0.497 e. The summed E-state index contributed by atoms with van der Waals surface area (Å²) in [5.74, 6) is 0.625. The number of methoxy groups -OCH3 is 1. The average Bonchev–Trinajstić information content (AvgIpc) is 2.54. The van der Waals surface area contributed by atoms with E-state index in [9.17, 15) is 4.79 Å². The van der Waals surface area contributed by atoms with Gasteiger partial charge in [0.1, 0.15) is 5.75 Å². The second-order valence-corrected chi connectivity index (χ2v) is 5.18. The van der Waals surface area contributed by atoms with Crippen molar-refractivity contribution in [2.75, 3.05) is 7.11 Å². The van der Waals surface area contributed by atoms with Crippen LogP contribution in [0.5, 0.6) is 5.75 Å². The van der Waals surface area contributed by atoms with Gasteiger partial charge < -0.3 is 4.74 Å². The Morgan fingerprint density at radius 2 is 1.73 bits per heavy atom. The molecule has 4 heteroatoms. The first-order chi connectivity index (χ1) is 10.6. The highest BCUT2D eigenvalue weighted by Gasteiger charge is 2.04. The fourth-order valence-corrected chi connectivity index (χ4v) is 1.99. The van der Waals surface area contributed by atoms with Crippen LogP contribution in [0, 0.1) is 6.92 Å². The molecule has 0 aromatic heterocycles. The molecule has 0 radical (unpaired) electrons. The van der Waals surface area contributed by atoms with E-state index < -0.39 is 0 Å². The molecule has 0 aliphatic heterocycles. The average molecular weight is 296 g/mol. The van der Waals surface area contributed by atoms with E-state index in [-0.39, 0.29) is 5.91 Å². The lowest BCUT2D eigenvalue weighted by molar-refractivity contribution is 0.0954. The van der Waals surface area contributed by atoms with Crippen molar-refractivity contribution in [3.8, 4) is 5.75 Å². The molecule has 0 saturated carbocycles. The van der Waals surface area contributed by atoms with Crippen LogP contribution >= 0.6 is 0 Å². The first kappa shape index (κ1) is 15.8. The fraction of sp³-hybridized carbons (Fsp3) is 0.222. The van der Waals surface area contributed by atoms with Crippen molar-refractivity contribution in [1.82, 2.24) is 5.43 Å². The highest BCUT2D eigenvalue weighted by Crippen LogP contribution is 2.12. The Morgan fingerprint density at radius 1 is 1.09 bits per heavy atom. The molecular weight excluding hydrogens is 276 g/mol. The lowest BCUT2D eigenvalue weighted by Gasteiger charge is -2.05. The van der Waals surface area contributed by atoms with Crippen LogP contribution in [-0.4, -0.2) is 18.7 Å². The first-order valence-electron chi connectivity index (χ1n) is 7.11. The maximum absolute atomic E-state index is 12.0. The Balaban J connectivity index is 1.94. The van der Waals surface area contributed by atoms with Crippen LogP contribution in [0.1, 0.15) is 28.4 Å². The van der Waals surface area contributed by atoms with E-state index in [1.54, 1.807) is 19.2 Å². The number of carbonyl (C=O) groups is 1. The van der Waals surface area contributed by atoms with Gasteiger partial charge in [-0.3, -0.25) is 4.79 Å². The van der Waals surface area contributed by atoms with E-state index in [4.69, 9.17) is 4.74 Å². The molecule has 1 amide bonds. The molecule has 22 heavy (non-hydrogen) atoms. The summed E-state index contributed by atoms with van der Waals surface area (Å²) in [5.41, 5.74) is 6.27. The number of benzene rings is 2. The summed E-state index contributed by atoms with van der Waals surface area (Å²) in [4.78, 5) is 12.0. The molecule has 0 spiro atoms. The molecule has 0 aliphatic carbocycles. The smallest absolute Gasteiger partial charge is 0.271 e. The zero-order valence-corrected chi connectivity index (χ0v) is 13.1. The summed E-state index contributed by atoms with van der Waals surface area (Å²) in [6.45, 7) is 3.87. The minimum Gasteiger partial charge on any atom is -0.497 e. The van der Waals surface area contributed by atoms with Gasteiger partial charge in [0, 0.05) is 17.7 Å². The Kier molecular flexibility index (Phi) is 5.31. The van der Waals surface area contributed by atoms with Gasteiger partial charge in [-0.05, 0) is 43.7 Å². The van der Waals surface area contributed by atoms with E-state index in [0.717, 1.165) is 22.6 Å². The molecule has 0 atom stereocenters. The summed E-state index contributed by atoms with van der Waals surface area (Å²) >= 11 is 0. The lowest BCUT2D eigenvalue weighted by Crippen LogP contribution is -2.19. The van der Waals surface area contributed by atoms with E-state index in [0.29, 0.717) is 12.0 Å². The van der Waals surface area contributed by atoms with Crippen molar-refractivity contribution in [1.29, 1.82) is 0 Å². The van der Waals surface area contributed by atoms with E-state index in [1.807, 2.05) is 50.2 Å². The van der Waals surface area contributed by atoms with Gasteiger partial charge in [0.25, 0.3) is 5.91 Å². The second kappa shape index (κ2) is 7.41. The van der Waals surface area contributed by atoms with Crippen molar-refractivity contribution in [2.24, 2.45) is 5.10 Å². The molecule has 0 heterocycles. The molecule has 2 aromatic rings. The van der Waals surface area contributed by atoms with Crippen LogP contribution in [-0.2, 0) is 6.42 Å². The number of nitrogens with zero attached hydrogens (tertiary/aromatic N) is 1. The molecule has 1 N–H and O–H groups in total. The van der Waals surface area contributed by atoms with Gasteiger partial charge in [-0.25, -0.2) is 5.43 Å². The van der Waals surface area contributed by atoms with Crippen molar-refractivity contribution in [3.05, 3.63) is 65.2 Å². The fourth-order valence-electron chi connectivity index (χ4n) is 1.99. The molecule has 2 rings (SSSR count). The maximum atomic E-state index is 12.0. The molecule has 0 saturated heterocycles. The number of hydrogen-bond acceptors (Lipinski definition) is 3. The number of rotatable bonds is 5. The third-order valence-electron chi connectivity index (χ3n) is 3.28. The molecule has 114 valence electrons. The third kappa shape index (κ3) is 4.45. The summed E-state index contributed by atoms with van der Waals surface area (Å²) in [5, 5.41) is 4.15. The summed E-state index contributed by atoms with van der Waals surface area (Å²) in [7, 11) is 1.64. The number of amides is 1. The summed E-state index contributed by atoms with van der Waals surface area (Å²) in [6.07, 6.45) is 0.679. The Bertz CT molecular complexity index is 658. The van der Waals surface area contributed by atoms with Crippen molar-refractivity contribution < 1.29 is 9.53 Å². The molecule has 0 aliphatic rings. The van der Waals surface area contributed by atoms with Crippen molar-refractivity contribution in [2.45, 2.75) is 20.3 Å². The lowest BCUT2D eigenvalue weighted by atomic mass is 10.1. The number of nitrogens with one attached hydrogen (secondary N) is 1. The number of aryl methyl sites for hydroxylation is 1. The normalized spacial score (nSPS) is 11.1. The van der Waals surface area contributed by atoms with Gasteiger partial charge >= 0.3 is 0 Å². The van der Waals surface area contributed by atoms with E-state index in [2.05, 4.69) is 10.5 Å². The highest BCUT2D eigenvalue weighted by molar-refractivity contribution is 5.95. The third-order valence-corrected chi connectivity index (χ3v) is 3.28. The predicted octanol–water partition coefficient (Wildman–Crippen LogP) is 3.35. The van der Waals surface area contributed by atoms with Crippen LogP contribution in [0.15, 0.2) is 53.6 Å². The number of carbonyl (C=O) groups excluding carboxylic acids is 1. The summed E-state index contributed by atoms with van der Waals surface area (Å²) < 4.78 is 5.12. The minimum atomic E-state index is -0.200. The van der Waals surface area contributed by atoms with Crippen molar-refractivity contribution in [3.63, 3.8) is 0 Å². The number of ether oxygens (including phenoxy) is 1. The van der Waals surface area contributed by atoms with E-state index in [1.165, 1.54) is 0 Å². The standard InChI is InChI=1S/C18H20N2O2/c1-13-4-8-16(9-5-13)18(21)20-19-14(2)12-15-6-10-17(22-3)11-7-15/h4-11H,12H2,1-3H3,(H,20,21)/b19-14-. The highest BCUT2D eigenvalue weighted by atomic mass is 16.5. The van der Waals surface area contributed by atoms with Crippen LogP contribution in [0.4, 0.5) is 0 Å². The zero-order valence-electron chi connectivity index (χ0n) is 13.1. The predicted molar refractivity (Wildman–Crippen MR) is 88.5 cm³/mol. The van der Waals surface area contributed by atoms with Crippen LogP contribution in [0.2, 0.25) is 0 Å². The van der Waals surface area contributed by atoms with Gasteiger partial charge in [-0.1, -0.05) is 29.8 Å².